The number of nitrogens with zero attached hydrogens (tertiary/aromatic N) is 4. The van der Waals surface area contributed by atoms with E-state index in [1.165, 1.54) is 36.5 Å². The molecule has 0 bridgehead atoms. The molecule has 0 atom stereocenters. The molecule has 28 heavy (non-hydrogen) atoms. The molecular weight excluding hydrogens is 392 g/mol. The number of piperazine rings is 1. The number of amides is 1. The lowest BCUT2D eigenvalue weighted by atomic mass is 10.1. The minimum absolute atomic E-state index is 0.106. The molecule has 1 heterocycles. The van der Waals surface area contributed by atoms with Gasteiger partial charge in [0.2, 0.25) is 0 Å². The summed E-state index contributed by atoms with van der Waals surface area (Å²) >= 11 is 0. The van der Waals surface area contributed by atoms with Gasteiger partial charge in [-0.2, -0.15) is 17.0 Å². The number of hydrogen-bond acceptors (Lipinski definition) is 7. The molecule has 2 rings (SSSR count). The second kappa shape index (κ2) is 8.71. The van der Waals surface area contributed by atoms with Crippen molar-refractivity contribution in [1.82, 2.24) is 13.5 Å². The van der Waals surface area contributed by atoms with Crippen LogP contribution >= 0.6 is 0 Å². The van der Waals surface area contributed by atoms with Crippen LogP contribution in [0.5, 0.6) is 11.5 Å². The van der Waals surface area contributed by atoms with E-state index in [1.807, 2.05) is 0 Å². The number of hydrogen-bond donors (Lipinski definition) is 0. The van der Waals surface area contributed by atoms with Crippen molar-refractivity contribution < 1.29 is 27.6 Å². The summed E-state index contributed by atoms with van der Waals surface area (Å²) in [5.74, 6) is -0.169. The Kier molecular flexibility index (Phi) is 6.80. The monoisotopic (exact) mass is 416 g/mol. The predicted molar refractivity (Wildman–Crippen MR) is 101 cm³/mol. The highest BCUT2D eigenvalue weighted by Crippen LogP contribution is 2.35. The van der Waals surface area contributed by atoms with Gasteiger partial charge < -0.3 is 14.4 Å². The quantitative estimate of drug-likeness (QED) is 0.470. The van der Waals surface area contributed by atoms with Crippen molar-refractivity contribution in [1.29, 1.82) is 0 Å². The van der Waals surface area contributed by atoms with Crippen molar-refractivity contribution >= 4 is 21.8 Å². The highest BCUT2D eigenvalue weighted by molar-refractivity contribution is 7.86. The Balaban J connectivity index is 2.29. The van der Waals surface area contributed by atoms with Crippen LogP contribution in [-0.4, -0.2) is 86.7 Å². The summed E-state index contributed by atoms with van der Waals surface area (Å²) in [7, 11) is 0.647. The molecule has 0 N–H and O–H groups in total. The third-order valence-corrected chi connectivity index (χ3v) is 6.26. The Morgan fingerprint density at radius 2 is 1.82 bits per heavy atom. The molecule has 1 aliphatic heterocycles. The Morgan fingerprint density at radius 1 is 1.21 bits per heavy atom. The third kappa shape index (κ3) is 4.34. The van der Waals surface area contributed by atoms with E-state index in [0.29, 0.717) is 6.61 Å². The van der Waals surface area contributed by atoms with E-state index in [4.69, 9.17) is 9.47 Å². The standard InChI is InChI=1S/C16H24N4O7S/c1-5-27-15-10-12(13(20(22)23)11-14(15)26-4)16(21)18-6-8-19(9-7-18)28(24,25)17(2)3/h10-11H,5-9H2,1-4H3. The number of benzene rings is 1. The topological polar surface area (TPSA) is 123 Å². The normalized spacial score (nSPS) is 15.5. The summed E-state index contributed by atoms with van der Waals surface area (Å²) in [4.78, 5) is 25.1. The summed E-state index contributed by atoms with van der Waals surface area (Å²) < 4.78 is 37.3. The first-order chi connectivity index (χ1) is 13.1. The first kappa shape index (κ1) is 21.9. The number of nitro groups is 1. The van der Waals surface area contributed by atoms with Gasteiger partial charge in [0.1, 0.15) is 5.56 Å². The largest absolute Gasteiger partial charge is 0.493 e. The summed E-state index contributed by atoms with van der Waals surface area (Å²) in [6.07, 6.45) is 0. The minimum atomic E-state index is -3.57. The minimum Gasteiger partial charge on any atom is -0.493 e. The number of carbonyl (C=O) groups excluding carboxylic acids is 1. The van der Waals surface area contributed by atoms with Crippen molar-refractivity contribution in [2.45, 2.75) is 6.92 Å². The highest BCUT2D eigenvalue weighted by Gasteiger charge is 2.33. The van der Waals surface area contributed by atoms with Gasteiger partial charge in [-0.05, 0) is 6.92 Å². The van der Waals surface area contributed by atoms with Crippen LogP contribution in [-0.2, 0) is 10.2 Å². The lowest BCUT2D eigenvalue weighted by Crippen LogP contribution is -2.53. The molecule has 1 amide bonds. The fraction of sp³-hybridized carbons (Fsp3) is 0.562. The molecule has 0 aliphatic carbocycles. The SMILES string of the molecule is CCOc1cc(C(=O)N2CCN(S(=O)(=O)N(C)C)CC2)c([N+](=O)[O-])cc1OC. The lowest BCUT2D eigenvalue weighted by molar-refractivity contribution is -0.385. The molecule has 0 saturated carbocycles. The molecule has 1 saturated heterocycles. The van der Waals surface area contributed by atoms with E-state index >= 15 is 0 Å². The molecule has 0 spiro atoms. The highest BCUT2D eigenvalue weighted by atomic mass is 32.2. The second-order valence-electron chi connectivity index (χ2n) is 6.19. The van der Waals surface area contributed by atoms with Crippen LogP contribution in [0.1, 0.15) is 17.3 Å². The Labute approximate surface area is 163 Å². The molecular formula is C16H24N4O7S. The second-order valence-corrected chi connectivity index (χ2v) is 8.33. The average Bonchev–Trinajstić information content (AvgIpc) is 2.67. The molecule has 12 heteroatoms. The number of methoxy groups -OCH3 is 1. The molecule has 1 aromatic carbocycles. The molecule has 1 fully saturated rings. The van der Waals surface area contributed by atoms with E-state index in [1.54, 1.807) is 6.92 Å². The molecule has 0 aromatic heterocycles. The van der Waals surface area contributed by atoms with Gasteiger partial charge in [-0.3, -0.25) is 14.9 Å². The van der Waals surface area contributed by atoms with Crippen LogP contribution in [0.15, 0.2) is 12.1 Å². The third-order valence-electron chi connectivity index (χ3n) is 4.32. The Hall–Kier alpha value is -2.44. The van der Waals surface area contributed by atoms with Crippen LogP contribution in [0.3, 0.4) is 0 Å². The summed E-state index contributed by atoms with van der Waals surface area (Å²) in [6.45, 7) is 2.50. The average molecular weight is 416 g/mol. The van der Waals surface area contributed by atoms with Gasteiger partial charge in [0.05, 0.1) is 24.7 Å². The van der Waals surface area contributed by atoms with Crippen LogP contribution in [0, 0.1) is 10.1 Å². The molecule has 0 unspecified atom stereocenters. The zero-order chi connectivity index (χ0) is 21.1. The van der Waals surface area contributed by atoms with Crippen molar-refractivity contribution in [3.63, 3.8) is 0 Å². The smallest absolute Gasteiger partial charge is 0.286 e. The Morgan fingerprint density at radius 3 is 2.29 bits per heavy atom. The van der Waals surface area contributed by atoms with Gasteiger partial charge in [-0.1, -0.05) is 0 Å². The lowest BCUT2D eigenvalue weighted by Gasteiger charge is -2.35. The van der Waals surface area contributed by atoms with Crippen LogP contribution in [0.4, 0.5) is 5.69 Å². The maximum Gasteiger partial charge on any atom is 0.286 e. The number of rotatable bonds is 7. The van der Waals surface area contributed by atoms with Gasteiger partial charge in [0.25, 0.3) is 21.8 Å². The van der Waals surface area contributed by atoms with Crippen molar-refractivity contribution in [2.75, 3.05) is 54.0 Å². The summed E-state index contributed by atoms with van der Waals surface area (Å²) in [5, 5.41) is 11.5. The van der Waals surface area contributed by atoms with E-state index in [-0.39, 0.29) is 43.2 Å². The Bertz CT molecular complexity index is 849. The maximum absolute atomic E-state index is 12.9. The number of ether oxygens (including phenoxy) is 2. The fourth-order valence-corrected chi connectivity index (χ4v) is 3.91. The van der Waals surface area contributed by atoms with E-state index < -0.39 is 26.7 Å². The molecule has 11 nitrogen and oxygen atoms in total. The predicted octanol–water partition coefficient (Wildman–Crippen LogP) is 0.566. The fourth-order valence-electron chi connectivity index (χ4n) is 2.82. The number of carbonyl (C=O) groups is 1. The van der Waals surface area contributed by atoms with Crippen molar-refractivity contribution in [3.05, 3.63) is 27.8 Å². The first-order valence-corrected chi connectivity index (χ1v) is 9.99. The molecule has 156 valence electrons. The zero-order valence-electron chi connectivity index (χ0n) is 16.2. The molecule has 0 radical (unpaired) electrons. The van der Waals surface area contributed by atoms with Gasteiger partial charge in [-0.15, -0.1) is 0 Å². The van der Waals surface area contributed by atoms with Crippen molar-refractivity contribution in [3.8, 4) is 11.5 Å². The first-order valence-electron chi connectivity index (χ1n) is 8.59. The van der Waals surface area contributed by atoms with Gasteiger partial charge in [0.15, 0.2) is 11.5 Å². The van der Waals surface area contributed by atoms with Crippen molar-refractivity contribution in [2.24, 2.45) is 0 Å². The van der Waals surface area contributed by atoms with Gasteiger partial charge in [-0.25, -0.2) is 0 Å². The summed E-state index contributed by atoms with van der Waals surface area (Å²) in [5.41, 5.74) is -0.521. The summed E-state index contributed by atoms with van der Waals surface area (Å²) in [6, 6.07) is 2.46. The number of nitro benzene ring substituents is 1. The van der Waals surface area contributed by atoms with E-state index in [9.17, 15) is 23.3 Å². The van der Waals surface area contributed by atoms with Crippen LogP contribution in [0.25, 0.3) is 0 Å². The van der Waals surface area contributed by atoms with Crippen LogP contribution in [0.2, 0.25) is 0 Å². The zero-order valence-corrected chi connectivity index (χ0v) is 17.1. The van der Waals surface area contributed by atoms with E-state index in [2.05, 4.69) is 0 Å². The molecule has 1 aromatic rings. The van der Waals surface area contributed by atoms with Crippen LogP contribution < -0.4 is 9.47 Å². The maximum atomic E-state index is 12.9. The molecule has 1 aliphatic rings. The van der Waals surface area contributed by atoms with E-state index in [0.717, 1.165) is 10.4 Å². The van der Waals surface area contributed by atoms with Gasteiger partial charge in [0, 0.05) is 46.3 Å². The van der Waals surface area contributed by atoms with Gasteiger partial charge >= 0.3 is 0 Å².